The van der Waals surface area contributed by atoms with Gasteiger partial charge in [-0.05, 0) is 55.0 Å². The fourth-order valence-corrected chi connectivity index (χ4v) is 2.99. The van der Waals surface area contributed by atoms with Crippen LogP contribution in [0.25, 0.3) is 5.65 Å². The largest absolute Gasteiger partial charge is 0.487 e. The van der Waals surface area contributed by atoms with Gasteiger partial charge in [0.25, 0.3) is 5.56 Å². The van der Waals surface area contributed by atoms with E-state index < -0.39 is 6.03 Å². The van der Waals surface area contributed by atoms with Gasteiger partial charge < -0.3 is 15.4 Å². The van der Waals surface area contributed by atoms with Crippen LogP contribution in [-0.2, 0) is 6.61 Å². The number of hydrogen-bond donors (Lipinski definition) is 2. The molecule has 2 N–H and O–H groups in total. The Morgan fingerprint density at radius 3 is 2.58 bits per heavy atom. The fourth-order valence-electron chi connectivity index (χ4n) is 2.99. The average molecular weight is 418 g/mol. The number of pyridine rings is 1. The zero-order chi connectivity index (χ0) is 21.8. The van der Waals surface area contributed by atoms with Gasteiger partial charge in [0.15, 0.2) is 0 Å². The second-order valence-electron chi connectivity index (χ2n) is 6.87. The second-order valence-corrected chi connectivity index (χ2v) is 6.87. The number of benzene rings is 2. The number of nitrogens with zero attached hydrogens (tertiary/aromatic N) is 2. The molecule has 2 aromatic carbocycles. The first-order valence-corrected chi connectivity index (χ1v) is 9.52. The number of halogens is 1. The molecular formula is C23H19FN4O3. The summed E-state index contributed by atoms with van der Waals surface area (Å²) in [7, 11) is 0. The van der Waals surface area contributed by atoms with Crippen molar-refractivity contribution in [1.82, 2.24) is 9.38 Å². The molecule has 0 fully saturated rings. The van der Waals surface area contributed by atoms with Gasteiger partial charge in [0.05, 0.1) is 5.69 Å². The minimum absolute atomic E-state index is 0.104. The van der Waals surface area contributed by atoms with E-state index in [1.165, 1.54) is 34.7 Å². The van der Waals surface area contributed by atoms with E-state index in [0.29, 0.717) is 28.5 Å². The maximum atomic E-state index is 13.0. The van der Waals surface area contributed by atoms with Crippen LogP contribution in [0.15, 0.2) is 77.7 Å². The minimum atomic E-state index is -0.467. The maximum Gasteiger partial charge on any atom is 0.323 e. The maximum absolute atomic E-state index is 13.0. The summed E-state index contributed by atoms with van der Waals surface area (Å²) in [6, 6.07) is 17.0. The summed E-state index contributed by atoms with van der Waals surface area (Å²) < 4.78 is 20.3. The zero-order valence-electron chi connectivity index (χ0n) is 16.6. The third kappa shape index (κ3) is 4.87. The van der Waals surface area contributed by atoms with E-state index >= 15 is 0 Å². The number of amides is 2. The Labute approximate surface area is 177 Å². The van der Waals surface area contributed by atoms with Gasteiger partial charge in [-0.2, -0.15) is 0 Å². The summed E-state index contributed by atoms with van der Waals surface area (Å²) in [4.78, 5) is 28.9. The Balaban J connectivity index is 1.45. The van der Waals surface area contributed by atoms with E-state index in [1.54, 1.807) is 30.5 Å². The first kappa shape index (κ1) is 20.1. The fraction of sp³-hybridized carbons (Fsp3) is 0.0870. The number of ether oxygens (including phenoxy) is 1. The molecule has 0 spiro atoms. The van der Waals surface area contributed by atoms with Gasteiger partial charge in [-0.15, -0.1) is 0 Å². The summed E-state index contributed by atoms with van der Waals surface area (Å²) in [5, 5.41) is 5.34. The Kier molecular flexibility index (Phi) is 5.61. The van der Waals surface area contributed by atoms with E-state index in [1.807, 2.05) is 19.1 Å². The molecule has 0 saturated carbocycles. The van der Waals surface area contributed by atoms with Crippen LogP contribution in [0.1, 0.15) is 11.3 Å². The summed E-state index contributed by atoms with van der Waals surface area (Å²) in [6.45, 7) is 1.98. The summed E-state index contributed by atoms with van der Waals surface area (Å²) in [5.74, 6) is 0.171. The van der Waals surface area contributed by atoms with Crippen molar-refractivity contribution in [2.45, 2.75) is 13.5 Å². The quantitative estimate of drug-likeness (QED) is 0.504. The third-order valence-electron chi connectivity index (χ3n) is 4.55. The molecule has 7 nitrogen and oxygen atoms in total. The number of carbonyl (C=O) groups is 1. The third-order valence-corrected chi connectivity index (χ3v) is 4.55. The van der Waals surface area contributed by atoms with Crippen LogP contribution in [0.4, 0.5) is 20.6 Å². The molecular weight excluding hydrogens is 399 g/mol. The van der Waals surface area contributed by atoms with Crippen molar-refractivity contribution in [3.05, 3.63) is 100 Å². The molecule has 0 atom stereocenters. The molecule has 4 rings (SSSR count). The number of urea groups is 1. The molecule has 31 heavy (non-hydrogen) atoms. The molecule has 0 radical (unpaired) electrons. The smallest absolute Gasteiger partial charge is 0.323 e. The van der Waals surface area contributed by atoms with Crippen molar-refractivity contribution in [3.63, 3.8) is 0 Å². The van der Waals surface area contributed by atoms with Gasteiger partial charge >= 0.3 is 6.03 Å². The number of nitrogens with one attached hydrogen (secondary N) is 2. The molecule has 156 valence electrons. The highest BCUT2D eigenvalue weighted by molar-refractivity contribution is 5.99. The highest BCUT2D eigenvalue weighted by Crippen LogP contribution is 2.24. The standard InChI is InChI=1S/C23H19FN4O3/c1-15-5-8-18(27-23(30)26-17-9-6-16(24)7-10-17)12-20(15)31-14-19-13-22(29)28-11-3-2-4-21(28)25-19/h2-13H,14H2,1H3,(H2,26,27,30). The van der Waals surface area contributed by atoms with Crippen molar-refractivity contribution in [3.8, 4) is 5.75 Å². The van der Waals surface area contributed by atoms with Crippen LogP contribution < -0.4 is 20.9 Å². The molecule has 0 saturated heterocycles. The van der Waals surface area contributed by atoms with Gasteiger partial charge in [0.1, 0.15) is 23.8 Å². The number of anilines is 2. The predicted octanol–water partition coefficient (Wildman–Crippen LogP) is 4.37. The lowest BCUT2D eigenvalue weighted by molar-refractivity contribution is 0.262. The molecule has 0 aliphatic heterocycles. The Hall–Kier alpha value is -4.20. The van der Waals surface area contributed by atoms with Crippen LogP contribution in [0.5, 0.6) is 5.75 Å². The molecule has 0 unspecified atom stereocenters. The molecule has 2 heterocycles. The van der Waals surface area contributed by atoms with Crippen molar-refractivity contribution < 1.29 is 13.9 Å². The molecule has 2 aromatic heterocycles. The Bertz CT molecular complexity index is 1300. The molecule has 4 aromatic rings. The lowest BCUT2D eigenvalue weighted by Crippen LogP contribution is -2.19. The minimum Gasteiger partial charge on any atom is -0.487 e. The van der Waals surface area contributed by atoms with E-state index in [4.69, 9.17) is 4.74 Å². The molecule has 0 bridgehead atoms. The lowest BCUT2D eigenvalue weighted by Gasteiger charge is -2.12. The van der Waals surface area contributed by atoms with Gasteiger partial charge in [-0.3, -0.25) is 9.20 Å². The van der Waals surface area contributed by atoms with Crippen LogP contribution in [0, 0.1) is 12.7 Å². The van der Waals surface area contributed by atoms with Crippen LogP contribution in [0.2, 0.25) is 0 Å². The molecule has 2 amide bonds. The van der Waals surface area contributed by atoms with Crippen LogP contribution >= 0.6 is 0 Å². The van der Waals surface area contributed by atoms with Gasteiger partial charge in [0, 0.05) is 29.7 Å². The number of aryl methyl sites for hydroxylation is 1. The number of rotatable bonds is 5. The summed E-state index contributed by atoms with van der Waals surface area (Å²) >= 11 is 0. The van der Waals surface area contributed by atoms with Crippen molar-refractivity contribution in [1.29, 1.82) is 0 Å². The van der Waals surface area contributed by atoms with Gasteiger partial charge in [-0.25, -0.2) is 14.2 Å². The first-order chi connectivity index (χ1) is 15.0. The predicted molar refractivity (Wildman–Crippen MR) is 116 cm³/mol. The Morgan fingerprint density at radius 2 is 1.77 bits per heavy atom. The number of aromatic nitrogens is 2. The van der Waals surface area contributed by atoms with Crippen LogP contribution in [0.3, 0.4) is 0 Å². The summed E-state index contributed by atoms with van der Waals surface area (Å²) in [5.41, 5.74) is 2.71. The van der Waals surface area contributed by atoms with E-state index in [2.05, 4.69) is 15.6 Å². The highest BCUT2D eigenvalue weighted by Gasteiger charge is 2.08. The Morgan fingerprint density at radius 1 is 1.03 bits per heavy atom. The zero-order valence-corrected chi connectivity index (χ0v) is 16.6. The number of hydrogen-bond acceptors (Lipinski definition) is 4. The number of carbonyl (C=O) groups excluding carboxylic acids is 1. The second kappa shape index (κ2) is 8.66. The van der Waals surface area contributed by atoms with Gasteiger partial charge in [-0.1, -0.05) is 12.1 Å². The van der Waals surface area contributed by atoms with Crippen molar-refractivity contribution >= 4 is 23.1 Å². The normalized spacial score (nSPS) is 10.6. The monoisotopic (exact) mass is 418 g/mol. The highest BCUT2D eigenvalue weighted by atomic mass is 19.1. The molecule has 0 aliphatic carbocycles. The van der Waals surface area contributed by atoms with Crippen molar-refractivity contribution in [2.75, 3.05) is 10.6 Å². The SMILES string of the molecule is Cc1ccc(NC(=O)Nc2ccc(F)cc2)cc1OCc1cc(=O)n2ccccc2n1. The molecule has 0 aliphatic rings. The van der Waals surface area contributed by atoms with E-state index in [0.717, 1.165) is 5.56 Å². The van der Waals surface area contributed by atoms with Crippen LogP contribution in [-0.4, -0.2) is 15.4 Å². The summed E-state index contributed by atoms with van der Waals surface area (Å²) in [6.07, 6.45) is 1.66. The molecule has 8 heteroatoms. The topological polar surface area (TPSA) is 84.7 Å². The first-order valence-electron chi connectivity index (χ1n) is 9.52. The average Bonchev–Trinajstić information content (AvgIpc) is 2.76. The van der Waals surface area contributed by atoms with Crippen molar-refractivity contribution in [2.24, 2.45) is 0 Å². The number of fused-ring (bicyclic) bond motifs is 1. The van der Waals surface area contributed by atoms with E-state index in [-0.39, 0.29) is 18.0 Å². The van der Waals surface area contributed by atoms with Gasteiger partial charge in [0.2, 0.25) is 0 Å². The van der Waals surface area contributed by atoms with E-state index in [9.17, 15) is 14.0 Å². The lowest BCUT2D eigenvalue weighted by atomic mass is 10.2.